The van der Waals surface area contributed by atoms with Gasteiger partial charge in [0.15, 0.2) is 0 Å². The highest BCUT2D eigenvalue weighted by Crippen LogP contribution is 2.45. The van der Waals surface area contributed by atoms with Crippen molar-refractivity contribution in [3.63, 3.8) is 0 Å². The first kappa shape index (κ1) is 15.5. The summed E-state index contributed by atoms with van der Waals surface area (Å²) in [7, 11) is 0. The zero-order valence-corrected chi connectivity index (χ0v) is 13.2. The number of halogens is 1. The zero-order valence-electron chi connectivity index (χ0n) is 12.5. The molecule has 0 radical (unpaired) electrons. The van der Waals surface area contributed by atoms with E-state index in [9.17, 15) is 4.79 Å². The van der Waals surface area contributed by atoms with Crippen LogP contribution in [0.5, 0.6) is 0 Å². The molecule has 1 aromatic heterocycles. The van der Waals surface area contributed by atoms with Gasteiger partial charge >= 0.3 is 5.97 Å². The highest BCUT2D eigenvalue weighted by Gasteiger charge is 2.45. The Balaban J connectivity index is 2.14. The van der Waals surface area contributed by atoms with Crippen molar-refractivity contribution in [1.82, 2.24) is 10.2 Å². The molecule has 7 heteroatoms. The summed E-state index contributed by atoms with van der Waals surface area (Å²) in [6.07, 6.45) is 8.11. The van der Waals surface area contributed by atoms with Gasteiger partial charge in [-0.2, -0.15) is 5.10 Å². The number of H-pyrrole nitrogens is 1. The summed E-state index contributed by atoms with van der Waals surface area (Å²) in [6, 6.07) is 0. The quantitative estimate of drug-likeness (QED) is 0.526. The topological polar surface area (TPSA) is 71.7 Å². The number of carbonyl (C=O) groups excluding carboxylic acids is 1. The lowest BCUT2D eigenvalue weighted by Crippen LogP contribution is -2.35. The van der Waals surface area contributed by atoms with E-state index < -0.39 is 17.8 Å². The predicted molar refractivity (Wildman–Crippen MR) is 86.6 cm³/mol. The minimum atomic E-state index is -0.795. The number of aromatic nitrogens is 2. The number of alkyl halides is 1. The van der Waals surface area contributed by atoms with Crippen LogP contribution in [0.2, 0.25) is 0 Å². The minimum Gasteiger partial charge on any atom is -0.466 e. The van der Waals surface area contributed by atoms with Gasteiger partial charge < -0.3 is 9.58 Å². The lowest BCUT2D eigenvalue weighted by Gasteiger charge is -2.31. The summed E-state index contributed by atoms with van der Waals surface area (Å²) in [6.45, 7) is 9.37. The van der Waals surface area contributed by atoms with E-state index in [0.29, 0.717) is 12.2 Å². The number of aliphatic imine (C=N–C) groups is 1. The maximum atomic E-state index is 12.5. The summed E-state index contributed by atoms with van der Waals surface area (Å²) in [5, 5.41) is 6.54. The molecule has 0 bridgehead atoms. The SMILES string of the molecule is [C-]#[N+]C1=Nc2[nH]ncc2C(C2=CC=CCC2Cl)C1C(=O)OCC. The first-order chi connectivity index (χ1) is 11.2. The molecular weight excluding hydrogens is 316 g/mol. The third-order valence-corrected chi connectivity index (χ3v) is 4.39. The minimum absolute atomic E-state index is 0.101. The number of fused-ring (bicyclic) bond motifs is 1. The third kappa shape index (κ3) is 2.68. The number of rotatable bonds is 3. The van der Waals surface area contributed by atoms with Crippen molar-refractivity contribution in [2.24, 2.45) is 10.9 Å². The van der Waals surface area contributed by atoms with Crippen LogP contribution in [0.25, 0.3) is 4.85 Å². The molecule has 0 saturated heterocycles. The summed E-state index contributed by atoms with van der Waals surface area (Å²) in [5.41, 5.74) is 1.65. The van der Waals surface area contributed by atoms with E-state index in [-0.39, 0.29) is 17.8 Å². The van der Waals surface area contributed by atoms with Gasteiger partial charge in [-0.1, -0.05) is 24.8 Å². The van der Waals surface area contributed by atoms with Crippen LogP contribution in [-0.4, -0.2) is 34.0 Å². The number of nitrogens with one attached hydrogen (secondary N) is 1. The molecule has 2 heterocycles. The van der Waals surface area contributed by atoms with E-state index in [0.717, 1.165) is 11.1 Å². The van der Waals surface area contributed by atoms with Gasteiger partial charge in [-0.05, 0) is 18.9 Å². The Morgan fingerprint density at radius 3 is 3.13 bits per heavy atom. The number of hydrogen-bond donors (Lipinski definition) is 1. The predicted octanol–water partition coefficient (Wildman–Crippen LogP) is 3.13. The first-order valence-electron chi connectivity index (χ1n) is 7.34. The molecule has 1 N–H and O–H groups in total. The number of allylic oxidation sites excluding steroid dienone is 4. The van der Waals surface area contributed by atoms with Gasteiger partial charge in [0, 0.05) is 11.5 Å². The van der Waals surface area contributed by atoms with E-state index in [2.05, 4.69) is 20.0 Å². The molecule has 0 fully saturated rings. The summed E-state index contributed by atoms with van der Waals surface area (Å²) in [4.78, 5) is 20.2. The van der Waals surface area contributed by atoms with Crippen LogP contribution in [-0.2, 0) is 9.53 Å². The smallest absolute Gasteiger partial charge is 0.306 e. The van der Waals surface area contributed by atoms with E-state index in [1.165, 1.54) is 0 Å². The molecule has 0 aromatic carbocycles. The van der Waals surface area contributed by atoms with Gasteiger partial charge in [-0.15, -0.1) is 16.6 Å². The molecule has 1 aliphatic heterocycles. The van der Waals surface area contributed by atoms with Gasteiger partial charge in [-0.3, -0.25) is 4.79 Å². The fourth-order valence-electron chi connectivity index (χ4n) is 2.97. The number of esters is 1. The highest BCUT2D eigenvalue weighted by molar-refractivity contribution is 6.23. The molecule has 3 rings (SSSR count). The van der Waals surface area contributed by atoms with Crippen LogP contribution in [0, 0.1) is 12.5 Å². The van der Waals surface area contributed by atoms with Gasteiger partial charge in [-0.25, -0.2) is 5.10 Å². The van der Waals surface area contributed by atoms with Crippen LogP contribution >= 0.6 is 11.6 Å². The van der Waals surface area contributed by atoms with Gasteiger partial charge in [0.05, 0.1) is 18.2 Å². The molecule has 0 amide bonds. The standard InChI is InChI=1S/C16H15ClN4O2/c1-3-23-16(22)13-12(9-6-4-5-7-11(9)17)10-8-19-21-14(10)20-15(13)18-2/h4-6,8,11-13H,3,7H2,1H3,(H,19,21). The fraction of sp³-hybridized carbons (Fsp3) is 0.375. The molecule has 0 saturated carbocycles. The van der Waals surface area contributed by atoms with Crippen LogP contribution < -0.4 is 0 Å². The third-order valence-electron chi connectivity index (χ3n) is 3.96. The Morgan fingerprint density at radius 2 is 2.43 bits per heavy atom. The number of ether oxygens (including phenoxy) is 1. The van der Waals surface area contributed by atoms with Crippen LogP contribution in [0.1, 0.15) is 24.8 Å². The molecule has 1 aliphatic carbocycles. The van der Waals surface area contributed by atoms with Crippen molar-refractivity contribution in [1.29, 1.82) is 0 Å². The normalized spacial score (nSPS) is 25.9. The molecule has 3 atom stereocenters. The number of aromatic amines is 1. The molecule has 118 valence electrons. The molecular formula is C16H15ClN4O2. The second-order valence-electron chi connectivity index (χ2n) is 5.26. The van der Waals surface area contributed by atoms with Crippen LogP contribution in [0.4, 0.5) is 5.82 Å². The summed E-state index contributed by atoms with van der Waals surface area (Å²) < 4.78 is 5.18. The number of amidine groups is 1. The molecule has 3 unspecified atom stereocenters. The van der Waals surface area contributed by atoms with Crippen molar-refractivity contribution in [2.45, 2.75) is 24.6 Å². The van der Waals surface area contributed by atoms with Crippen molar-refractivity contribution < 1.29 is 9.53 Å². The van der Waals surface area contributed by atoms with Crippen molar-refractivity contribution in [3.8, 4) is 0 Å². The lowest BCUT2D eigenvalue weighted by atomic mass is 9.76. The second kappa shape index (κ2) is 6.39. The Bertz CT molecular complexity index is 756. The Hall–Kier alpha value is -2.39. The van der Waals surface area contributed by atoms with E-state index >= 15 is 0 Å². The van der Waals surface area contributed by atoms with E-state index in [4.69, 9.17) is 22.9 Å². The Labute approximate surface area is 138 Å². The summed E-state index contributed by atoms with van der Waals surface area (Å²) in [5.74, 6) is -1.04. The van der Waals surface area contributed by atoms with E-state index in [1.807, 2.05) is 18.2 Å². The van der Waals surface area contributed by atoms with Gasteiger partial charge in [0.25, 0.3) is 5.84 Å². The molecule has 23 heavy (non-hydrogen) atoms. The highest BCUT2D eigenvalue weighted by atomic mass is 35.5. The van der Waals surface area contributed by atoms with Crippen molar-refractivity contribution in [2.75, 3.05) is 6.61 Å². The maximum absolute atomic E-state index is 12.5. The summed E-state index contributed by atoms with van der Waals surface area (Å²) >= 11 is 6.47. The molecule has 0 spiro atoms. The number of nitrogens with zero attached hydrogens (tertiary/aromatic N) is 3. The fourth-order valence-corrected chi connectivity index (χ4v) is 3.29. The van der Waals surface area contributed by atoms with E-state index in [1.54, 1.807) is 13.1 Å². The monoisotopic (exact) mass is 330 g/mol. The molecule has 2 aliphatic rings. The van der Waals surface area contributed by atoms with Crippen LogP contribution in [0.15, 0.2) is 35.0 Å². The molecule has 1 aromatic rings. The average Bonchev–Trinajstić information content (AvgIpc) is 3.02. The van der Waals surface area contributed by atoms with Crippen LogP contribution in [0.3, 0.4) is 0 Å². The van der Waals surface area contributed by atoms with Crippen molar-refractivity contribution >= 4 is 29.2 Å². The maximum Gasteiger partial charge on any atom is 0.306 e. The van der Waals surface area contributed by atoms with Gasteiger partial charge in [0.2, 0.25) is 5.82 Å². The average molecular weight is 331 g/mol. The zero-order chi connectivity index (χ0) is 16.4. The Morgan fingerprint density at radius 1 is 1.61 bits per heavy atom. The number of hydrogen-bond acceptors (Lipinski definition) is 4. The van der Waals surface area contributed by atoms with Crippen molar-refractivity contribution in [3.05, 3.63) is 47.0 Å². The lowest BCUT2D eigenvalue weighted by molar-refractivity contribution is -0.146. The first-order valence-corrected chi connectivity index (χ1v) is 7.77. The second-order valence-corrected chi connectivity index (χ2v) is 5.79. The number of carbonyl (C=O) groups is 1. The largest absolute Gasteiger partial charge is 0.466 e. The Kier molecular flexibility index (Phi) is 4.30. The molecule has 6 nitrogen and oxygen atoms in total. The van der Waals surface area contributed by atoms with Gasteiger partial charge in [0.1, 0.15) is 5.92 Å².